The lowest BCUT2D eigenvalue weighted by molar-refractivity contribution is -0.137. The third-order valence-corrected chi connectivity index (χ3v) is 5.51. The van der Waals surface area contributed by atoms with Gasteiger partial charge in [-0.2, -0.15) is 0 Å². The van der Waals surface area contributed by atoms with Crippen LogP contribution < -0.4 is 4.74 Å². The van der Waals surface area contributed by atoms with Gasteiger partial charge in [0.25, 0.3) is 0 Å². The first kappa shape index (κ1) is 25.4. The molecular formula is C24H32O5S. The fourth-order valence-corrected chi connectivity index (χ4v) is 3.11. The molecule has 0 heterocycles. The minimum atomic E-state index is -3.14. The molecule has 1 aromatic carbocycles. The van der Waals surface area contributed by atoms with Crippen LogP contribution in [0.1, 0.15) is 36.1 Å². The molecular weight excluding hydrogens is 400 g/mol. The van der Waals surface area contributed by atoms with Gasteiger partial charge in [-0.3, -0.25) is 0 Å². The fourth-order valence-electron chi connectivity index (χ4n) is 2.72. The molecule has 1 rings (SSSR count). The SMILES string of the molecule is COc1cc(C)c(C=CC(C)=CC=CC(C)=CC(=O)OCCS(C)(=O)=O)c(C)c1C. The van der Waals surface area contributed by atoms with Gasteiger partial charge in [0.05, 0.1) is 12.9 Å². The normalized spacial score (nSPS) is 13.3. The number of hydrogen-bond donors (Lipinski definition) is 0. The molecule has 0 saturated carbocycles. The molecule has 30 heavy (non-hydrogen) atoms. The van der Waals surface area contributed by atoms with E-state index in [1.165, 1.54) is 17.2 Å². The lowest BCUT2D eigenvalue weighted by atomic mass is 9.96. The van der Waals surface area contributed by atoms with Crippen LogP contribution in [0.25, 0.3) is 6.08 Å². The van der Waals surface area contributed by atoms with E-state index in [0.29, 0.717) is 5.57 Å². The number of aryl methyl sites for hydroxylation is 1. The molecule has 0 aromatic heterocycles. The van der Waals surface area contributed by atoms with Crippen molar-refractivity contribution in [1.82, 2.24) is 0 Å². The van der Waals surface area contributed by atoms with Crippen LogP contribution in [0, 0.1) is 20.8 Å². The summed E-state index contributed by atoms with van der Waals surface area (Å²) in [5.74, 6) is 0.166. The number of carbonyl (C=O) groups excluding carboxylic acids is 1. The summed E-state index contributed by atoms with van der Waals surface area (Å²) >= 11 is 0. The van der Waals surface area contributed by atoms with Crippen molar-refractivity contribution in [2.45, 2.75) is 34.6 Å². The minimum Gasteiger partial charge on any atom is -0.496 e. The number of hydrogen-bond acceptors (Lipinski definition) is 5. The van der Waals surface area contributed by atoms with E-state index in [-0.39, 0.29) is 12.4 Å². The Labute approximate surface area is 180 Å². The van der Waals surface area contributed by atoms with Crippen LogP contribution in [0.3, 0.4) is 0 Å². The first-order chi connectivity index (χ1) is 13.9. The largest absolute Gasteiger partial charge is 0.496 e. The molecule has 1 aromatic rings. The highest BCUT2D eigenvalue weighted by molar-refractivity contribution is 7.90. The maximum Gasteiger partial charge on any atom is 0.331 e. The Morgan fingerprint density at radius 1 is 1.07 bits per heavy atom. The first-order valence-electron chi connectivity index (χ1n) is 9.65. The molecule has 0 amide bonds. The molecule has 0 aliphatic carbocycles. The summed E-state index contributed by atoms with van der Waals surface area (Å²) in [6.07, 6.45) is 12.2. The van der Waals surface area contributed by atoms with E-state index in [9.17, 15) is 13.2 Å². The van der Waals surface area contributed by atoms with Gasteiger partial charge in [0.2, 0.25) is 0 Å². The molecule has 0 atom stereocenters. The number of rotatable bonds is 9. The Balaban J connectivity index is 2.76. The number of allylic oxidation sites excluding steroid dienone is 6. The van der Waals surface area contributed by atoms with Crippen molar-refractivity contribution in [3.63, 3.8) is 0 Å². The van der Waals surface area contributed by atoms with Gasteiger partial charge in [0.1, 0.15) is 12.4 Å². The van der Waals surface area contributed by atoms with Gasteiger partial charge in [-0.25, -0.2) is 13.2 Å². The van der Waals surface area contributed by atoms with E-state index >= 15 is 0 Å². The van der Waals surface area contributed by atoms with E-state index in [0.717, 1.165) is 28.7 Å². The third-order valence-electron chi connectivity index (χ3n) is 4.60. The van der Waals surface area contributed by atoms with Crippen molar-refractivity contribution in [1.29, 1.82) is 0 Å². The second-order valence-corrected chi connectivity index (χ2v) is 9.61. The number of sulfone groups is 1. The smallest absolute Gasteiger partial charge is 0.331 e. The minimum absolute atomic E-state index is 0.140. The maximum absolute atomic E-state index is 11.7. The molecule has 0 unspecified atom stereocenters. The maximum atomic E-state index is 11.7. The van der Waals surface area contributed by atoms with Crippen LogP contribution in [-0.2, 0) is 19.4 Å². The van der Waals surface area contributed by atoms with Gasteiger partial charge >= 0.3 is 5.97 Å². The summed E-state index contributed by atoms with van der Waals surface area (Å²) in [6.45, 7) is 9.85. The zero-order valence-corrected chi connectivity index (χ0v) is 19.7. The number of ether oxygens (including phenoxy) is 2. The fraction of sp³-hybridized carbons (Fsp3) is 0.375. The highest BCUT2D eigenvalue weighted by Crippen LogP contribution is 2.28. The van der Waals surface area contributed by atoms with E-state index < -0.39 is 15.8 Å². The van der Waals surface area contributed by atoms with Crippen molar-refractivity contribution in [3.8, 4) is 5.75 Å². The predicted octanol–water partition coefficient (Wildman–Crippen LogP) is 4.67. The summed E-state index contributed by atoms with van der Waals surface area (Å²) in [7, 11) is -1.46. The first-order valence-corrected chi connectivity index (χ1v) is 11.7. The van der Waals surface area contributed by atoms with E-state index in [1.54, 1.807) is 20.1 Å². The molecule has 5 nitrogen and oxygen atoms in total. The van der Waals surface area contributed by atoms with Crippen LogP contribution in [0.2, 0.25) is 0 Å². The topological polar surface area (TPSA) is 69.7 Å². The lowest BCUT2D eigenvalue weighted by Gasteiger charge is -2.13. The van der Waals surface area contributed by atoms with Crippen LogP contribution >= 0.6 is 0 Å². The predicted molar refractivity (Wildman–Crippen MR) is 124 cm³/mol. The molecule has 0 aliphatic rings. The number of benzene rings is 1. The van der Waals surface area contributed by atoms with Crippen LogP contribution in [-0.4, -0.2) is 40.1 Å². The van der Waals surface area contributed by atoms with Crippen LogP contribution in [0.5, 0.6) is 5.75 Å². The number of carbonyl (C=O) groups is 1. The Morgan fingerprint density at radius 2 is 1.73 bits per heavy atom. The highest BCUT2D eigenvalue weighted by atomic mass is 32.2. The highest BCUT2D eigenvalue weighted by Gasteiger charge is 2.08. The summed E-state index contributed by atoms with van der Waals surface area (Å²) in [6, 6.07) is 2.05. The summed E-state index contributed by atoms with van der Waals surface area (Å²) in [5.41, 5.74) is 6.43. The van der Waals surface area contributed by atoms with E-state index in [1.807, 2.05) is 31.2 Å². The van der Waals surface area contributed by atoms with Gasteiger partial charge in [-0.15, -0.1) is 0 Å². The average Bonchev–Trinajstić information content (AvgIpc) is 2.63. The van der Waals surface area contributed by atoms with E-state index in [2.05, 4.69) is 26.8 Å². The third kappa shape index (κ3) is 8.82. The van der Waals surface area contributed by atoms with Crippen molar-refractivity contribution >= 4 is 21.9 Å². The summed E-state index contributed by atoms with van der Waals surface area (Å²) in [4.78, 5) is 11.7. The molecule has 0 fully saturated rings. The molecule has 0 radical (unpaired) electrons. The van der Waals surface area contributed by atoms with E-state index in [4.69, 9.17) is 9.47 Å². The van der Waals surface area contributed by atoms with Crippen LogP contribution in [0.4, 0.5) is 0 Å². The van der Waals surface area contributed by atoms with Gasteiger partial charge in [-0.1, -0.05) is 36.0 Å². The molecule has 164 valence electrons. The summed E-state index contributed by atoms with van der Waals surface area (Å²) < 4.78 is 32.4. The number of esters is 1. The Hall–Kier alpha value is -2.60. The van der Waals surface area contributed by atoms with Crippen molar-refractivity contribution in [2.24, 2.45) is 0 Å². The Kier molecular flexibility index (Phi) is 9.79. The monoisotopic (exact) mass is 432 g/mol. The van der Waals surface area contributed by atoms with Crippen LogP contribution in [0.15, 0.2) is 47.6 Å². The molecule has 6 heteroatoms. The average molecular weight is 433 g/mol. The van der Waals surface area contributed by atoms with Gasteiger partial charge in [0.15, 0.2) is 9.84 Å². The zero-order valence-electron chi connectivity index (χ0n) is 18.9. The standard InChI is InChI=1S/C24H32O5S/c1-17(11-12-22-19(3)16-23(28-6)21(5)20(22)4)9-8-10-18(2)15-24(25)29-13-14-30(7,26)27/h8-12,15-16H,13-14H2,1-7H3. The lowest BCUT2D eigenvalue weighted by Crippen LogP contribution is -2.13. The van der Waals surface area contributed by atoms with Gasteiger partial charge in [-0.05, 0) is 68.5 Å². The molecule has 0 N–H and O–H groups in total. The molecule has 0 bridgehead atoms. The second-order valence-electron chi connectivity index (χ2n) is 7.35. The summed E-state index contributed by atoms with van der Waals surface area (Å²) in [5, 5.41) is 0. The Morgan fingerprint density at radius 3 is 2.33 bits per heavy atom. The van der Waals surface area contributed by atoms with Gasteiger partial charge in [0, 0.05) is 12.3 Å². The zero-order chi connectivity index (χ0) is 22.9. The van der Waals surface area contributed by atoms with Crippen molar-refractivity contribution < 1.29 is 22.7 Å². The second kappa shape index (κ2) is 11.6. The quantitative estimate of drug-likeness (QED) is 0.322. The molecule has 0 saturated heterocycles. The molecule has 0 spiro atoms. The van der Waals surface area contributed by atoms with Crippen molar-refractivity contribution in [2.75, 3.05) is 25.7 Å². The molecule has 0 aliphatic heterocycles. The Bertz CT molecular complexity index is 993. The van der Waals surface area contributed by atoms with Crippen molar-refractivity contribution in [3.05, 3.63) is 69.8 Å². The van der Waals surface area contributed by atoms with Gasteiger partial charge < -0.3 is 9.47 Å². The number of methoxy groups -OCH3 is 1.